The molecule has 104 valence electrons. The van der Waals surface area contributed by atoms with Crippen LogP contribution in [0.4, 0.5) is 10.1 Å². The summed E-state index contributed by atoms with van der Waals surface area (Å²) in [6, 6.07) is 12.0. The molecule has 2 aromatic rings. The highest BCUT2D eigenvalue weighted by Gasteiger charge is 2.08. The SMILES string of the molecule is CN(Cc1ccc(F)cc1)c1ccc(C(N)=S)c(Cl)c1. The summed E-state index contributed by atoms with van der Waals surface area (Å²) in [5.41, 5.74) is 8.20. The van der Waals surface area contributed by atoms with Crippen LogP contribution >= 0.6 is 23.8 Å². The summed E-state index contributed by atoms with van der Waals surface area (Å²) >= 11 is 11.1. The molecule has 0 aromatic heterocycles. The molecule has 0 aliphatic carbocycles. The first-order chi connectivity index (χ1) is 9.47. The predicted molar refractivity (Wildman–Crippen MR) is 85.8 cm³/mol. The average molecular weight is 309 g/mol. The van der Waals surface area contributed by atoms with Crippen molar-refractivity contribution in [2.45, 2.75) is 6.54 Å². The van der Waals surface area contributed by atoms with Gasteiger partial charge in [-0.05, 0) is 35.9 Å². The van der Waals surface area contributed by atoms with E-state index < -0.39 is 0 Å². The fraction of sp³-hybridized carbons (Fsp3) is 0.133. The van der Waals surface area contributed by atoms with Crippen LogP contribution in [-0.4, -0.2) is 12.0 Å². The van der Waals surface area contributed by atoms with Crippen LogP contribution in [0.15, 0.2) is 42.5 Å². The minimum absolute atomic E-state index is 0.236. The number of thiocarbonyl (C=S) groups is 1. The van der Waals surface area contributed by atoms with Crippen molar-refractivity contribution in [3.8, 4) is 0 Å². The van der Waals surface area contributed by atoms with Crippen LogP contribution in [0.25, 0.3) is 0 Å². The number of nitrogens with zero attached hydrogens (tertiary/aromatic N) is 1. The van der Waals surface area contributed by atoms with Crippen molar-refractivity contribution in [2.75, 3.05) is 11.9 Å². The van der Waals surface area contributed by atoms with Gasteiger partial charge in [0.25, 0.3) is 0 Å². The highest BCUT2D eigenvalue weighted by molar-refractivity contribution is 7.80. The minimum Gasteiger partial charge on any atom is -0.389 e. The summed E-state index contributed by atoms with van der Waals surface area (Å²) in [5, 5.41) is 0.529. The van der Waals surface area contributed by atoms with Crippen molar-refractivity contribution < 1.29 is 4.39 Å². The average Bonchev–Trinajstić information content (AvgIpc) is 2.40. The topological polar surface area (TPSA) is 29.3 Å². The van der Waals surface area contributed by atoms with Crippen molar-refractivity contribution in [3.63, 3.8) is 0 Å². The Hall–Kier alpha value is -1.65. The van der Waals surface area contributed by atoms with Crippen LogP contribution < -0.4 is 10.6 Å². The van der Waals surface area contributed by atoms with Gasteiger partial charge in [0, 0.05) is 24.8 Å². The molecule has 0 spiro atoms. The zero-order chi connectivity index (χ0) is 14.7. The quantitative estimate of drug-likeness (QED) is 0.872. The van der Waals surface area contributed by atoms with Gasteiger partial charge in [-0.15, -0.1) is 0 Å². The molecule has 20 heavy (non-hydrogen) atoms. The highest BCUT2D eigenvalue weighted by Crippen LogP contribution is 2.24. The van der Waals surface area contributed by atoms with Crippen molar-refractivity contribution in [3.05, 3.63) is 64.4 Å². The smallest absolute Gasteiger partial charge is 0.123 e. The van der Waals surface area contributed by atoms with Gasteiger partial charge in [0.15, 0.2) is 0 Å². The van der Waals surface area contributed by atoms with Crippen molar-refractivity contribution >= 4 is 34.5 Å². The molecule has 5 heteroatoms. The molecule has 0 fully saturated rings. The number of benzene rings is 2. The fourth-order valence-electron chi connectivity index (χ4n) is 1.90. The maximum absolute atomic E-state index is 12.9. The Morgan fingerprint density at radius 1 is 1.25 bits per heavy atom. The highest BCUT2D eigenvalue weighted by atomic mass is 35.5. The van der Waals surface area contributed by atoms with Crippen molar-refractivity contribution in [2.24, 2.45) is 5.73 Å². The van der Waals surface area contributed by atoms with E-state index in [0.717, 1.165) is 11.3 Å². The Bertz CT molecular complexity index is 628. The second-order valence-corrected chi connectivity index (χ2v) is 5.36. The predicted octanol–water partition coefficient (Wildman–Crippen LogP) is 3.75. The third-order valence-electron chi connectivity index (χ3n) is 2.99. The van der Waals surface area contributed by atoms with Gasteiger partial charge in [-0.25, -0.2) is 4.39 Å². The molecule has 2 nitrogen and oxygen atoms in total. The van der Waals surface area contributed by atoms with Gasteiger partial charge in [-0.1, -0.05) is 36.0 Å². The molecule has 2 aromatic carbocycles. The second-order valence-electron chi connectivity index (χ2n) is 4.51. The van der Waals surface area contributed by atoms with Gasteiger partial charge >= 0.3 is 0 Å². The van der Waals surface area contributed by atoms with Gasteiger partial charge in [0.2, 0.25) is 0 Å². The van der Waals surface area contributed by atoms with Gasteiger partial charge < -0.3 is 10.6 Å². The van der Waals surface area contributed by atoms with Crippen LogP contribution in [0.3, 0.4) is 0 Å². The van der Waals surface area contributed by atoms with Crippen molar-refractivity contribution in [1.82, 2.24) is 0 Å². The molecule has 0 aliphatic rings. The zero-order valence-electron chi connectivity index (χ0n) is 10.9. The normalized spacial score (nSPS) is 10.3. The van der Waals surface area contributed by atoms with Crippen LogP contribution in [0, 0.1) is 5.82 Å². The van der Waals surface area contributed by atoms with E-state index in [4.69, 9.17) is 29.6 Å². The van der Waals surface area contributed by atoms with Crippen molar-refractivity contribution in [1.29, 1.82) is 0 Å². The number of anilines is 1. The number of halogens is 2. The van der Waals surface area contributed by atoms with Crippen LogP contribution in [0.1, 0.15) is 11.1 Å². The molecule has 0 amide bonds. The Kier molecular flexibility index (Phi) is 4.57. The lowest BCUT2D eigenvalue weighted by atomic mass is 10.1. The molecule has 0 aliphatic heterocycles. The van der Waals surface area contributed by atoms with E-state index in [9.17, 15) is 4.39 Å². The number of hydrogen-bond donors (Lipinski definition) is 1. The number of rotatable bonds is 4. The van der Waals surface area contributed by atoms with E-state index in [-0.39, 0.29) is 10.8 Å². The van der Waals surface area contributed by atoms with Gasteiger partial charge in [0.05, 0.1) is 5.02 Å². The Morgan fingerprint density at radius 3 is 2.45 bits per heavy atom. The standard InChI is InChI=1S/C15H14ClFN2S/c1-19(9-10-2-4-11(17)5-3-10)12-6-7-13(15(18)20)14(16)8-12/h2-8H,9H2,1H3,(H2,18,20). The minimum atomic E-state index is -0.236. The lowest BCUT2D eigenvalue weighted by Gasteiger charge is -2.20. The van der Waals surface area contributed by atoms with Gasteiger partial charge in [0.1, 0.15) is 10.8 Å². The van der Waals surface area contributed by atoms with E-state index in [1.807, 2.05) is 24.1 Å². The van der Waals surface area contributed by atoms with Gasteiger partial charge in [-0.3, -0.25) is 0 Å². The van der Waals surface area contributed by atoms with Crippen LogP contribution in [-0.2, 0) is 6.54 Å². The molecular formula is C15H14ClFN2S. The maximum Gasteiger partial charge on any atom is 0.123 e. The Morgan fingerprint density at radius 2 is 1.90 bits per heavy atom. The van der Waals surface area contributed by atoms with Crippen LogP contribution in [0.2, 0.25) is 5.02 Å². The summed E-state index contributed by atoms with van der Waals surface area (Å²) in [4.78, 5) is 2.30. The maximum atomic E-state index is 12.9. The number of hydrogen-bond acceptors (Lipinski definition) is 2. The first kappa shape index (κ1) is 14.8. The molecule has 0 bridgehead atoms. The third kappa shape index (κ3) is 3.46. The Labute approximate surface area is 128 Å². The van der Waals surface area contributed by atoms with E-state index >= 15 is 0 Å². The third-order valence-corrected chi connectivity index (χ3v) is 3.52. The summed E-state index contributed by atoms with van der Waals surface area (Å²) in [7, 11) is 1.94. The molecule has 0 atom stereocenters. The van der Waals surface area contributed by atoms with E-state index in [2.05, 4.69) is 0 Å². The lowest BCUT2D eigenvalue weighted by Crippen LogP contribution is -2.17. The summed E-state index contributed by atoms with van der Waals surface area (Å²) in [6.07, 6.45) is 0. The van der Waals surface area contributed by atoms with Crippen LogP contribution in [0.5, 0.6) is 0 Å². The molecular weight excluding hydrogens is 295 g/mol. The van der Waals surface area contributed by atoms with E-state index in [1.165, 1.54) is 12.1 Å². The summed E-state index contributed by atoms with van der Waals surface area (Å²) in [5.74, 6) is -0.236. The molecule has 0 heterocycles. The van der Waals surface area contributed by atoms with Gasteiger partial charge in [-0.2, -0.15) is 0 Å². The molecule has 0 saturated heterocycles. The Balaban J connectivity index is 2.17. The first-order valence-electron chi connectivity index (χ1n) is 6.02. The lowest BCUT2D eigenvalue weighted by molar-refractivity contribution is 0.627. The van der Waals surface area contributed by atoms with E-state index in [0.29, 0.717) is 17.1 Å². The molecule has 2 N–H and O–H groups in total. The summed E-state index contributed by atoms with van der Waals surface area (Å²) in [6.45, 7) is 0.656. The largest absolute Gasteiger partial charge is 0.389 e. The molecule has 2 rings (SSSR count). The zero-order valence-corrected chi connectivity index (χ0v) is 12.5. The molecule has 0 radical (unpaired) electrons. The van der Waals surface area contributed by atoms with E-state index in [1.54, 1.807) is 18.2 Å². The molecule has 0 saturated carbocycles. The monoisotopic (exact) mass is 308 g/mol. The number of nitrogens with two attached hydrogens (primary N) is 1. The fourth-order valence-corrected chi connectivity index (χ4v) is 2.41. The second kappa shape index (κ2) is 6.20. The molecule has 0 unspecified atom stereocenters. The first-order valence-corrected chi connectivity index (χ1v) is 6.81. The summed E-state index contributed by atoms with van der Waals surface area (Å²) < 4.78 is 12.9.